The second-order valence-electron chi connectivity index (χ2n) is 5.68. The van der Waals surface area contributed by atoms with Crippen molar-refractivity contribution in [3.05, 3.63) is 66.0 Å². The van der Waals surface area contributed by atoms with Crippen molar-refractivity contribution < 1.29 is 9.90 Å². The van der Waals surface area contributed by atoms with E-state index in [1.54, 1.807) is 12.4 Å². The standard InChI is InChI=1S/C18H23N3O2/c1-13(12-17(22)16-6-4-3-5-7-16)20-18(23)21-14(2)15-8-10-19-11-9-15/h3-11,13-14,17,22H,12H2,1-2H3,(H2,20,21,23). The van der Waals surface area contributed by atoms with E-state index < -0.39 is 6.10 Å². The molecular weight excluding hydrogens is 290 g/mol. The van der Waals surface area contributed by atoms with Gasteiger partial charge in [-0.25, -0.2) is 4.79 Å². The molecule has 3 atom stereocenters. The van der Waals surface area contributed by atoms with Gasteiger partial charge in [0.15, 0.2) is 0 Å². The Hall–Kier alpha value is -2.40. The van der Waals surface area contributed by atoms with Crippen molar-refractivity contribution in [1.82, 2.24) is 15.6 Å². The van der Waals surface area contributed by atoms with Crippen LogP contribution in [0.15, 0.2) is 54.9 Å². The Morgan fingerprint density at radius 3 is 2.35 bits per heavy atom. The first-order chi connectivity index (χ1) is 11.1. The zero-order valence-electron chi connectivity index (χ0n) is 13.4. The molecule has 2 aromatic rings. The fraction of sp³-hybridized carbons (Fsp3) is 0.333. The Morgan fingerprint density at radius 1 is 1.04 bits per heavy atom. The summed E-state index contributed by atoms with van der Waals surface area (Å²) in [6.07, 6.45) is 3.26. The first kappa shape index (κ1) is 17.0. The molecule has 2 rings (SSSR count). The molecule has 0 aliphatic rings. The molecule has 0 bridgehead atoms. The maximum absolute atomic E-state index is 12.0. The molecule has 0 radical (unpaired) electrons. The van der Waals surface area contributed by atoms with Gasteiger partial charge in [0.05, 0.1) is 12.1 Å². The summed E-state index contributed by atoms with van der Waals surface area (Å²) < 4.78 is 0. The molecule has 3 N–H and O–H groups in total. The lowest BCUT2D eigenvalue weighted by atomic mass is 10.0. The van der Waals surface area contributed by atoms with Gasteiger partial charge in [0, 0.05) is 18.4 Å². The highest BCUT2D eigenvalue weighted by atomic mass is 16.3. The fourth-order valence-corrected chi connectivity index (χ4v) is 2.40. The van der Waals surface area contributed by atoms with Crippen molar-refractivity contribution in [1.29, 1.82) is 0 Å². The molecule has 3 unspecified atom stereocenters. The molecule has 0 spiro atoms. The van der Waals surface area contributed by atoms with E-state index in [0.717, 1.165) is 11.1 Å². The second kappa shape index (κ2) is 8.29. The van der Waals surface area contributed by atoms with E-state index in [0.29, 0.717) is 6.42 Å². The van der Waals surface area contributed by atoms with Crippen molar-refractivity contribution in [2.45, 2.75) is 38.5 Å². The third-order valence-corrected chi connectivity index (χ3v) is 3.69. The van der Waals surface area contributed by atoms with Crippen LogP contribution in [0, 0.1) is 0 Å². The predicted molar refractivity (Wildman–Crippen MR) is 89.8 cm³/mol. The topological polar surface area (TPSA) is 74.2 Å². The van der Waals surface area contributed by atoms with E-state index in [-0.39, 0.29) is 18.1 Å². The number of urea groups is 1. The maximum atomic E-state index is 12.0. The van der Waals surface area contributed by atoms with Crippen LogP contribution in [0.5, 0.6) is 0 Å². The number of aliphatic hydroxyl groups excluding tert-OH is 1. The summed E-state index contributed by atoms with van der Waals surface area (Å²) in [4.78, 5) is 16.0. The van der Waals surface area contributed by atoms with Gasteiger partial charge in [-0.2, -0.15) is 0 Å². The summed E-state index contributed by atoms with van der Waals surface area (Å²) in [6, 6.07) is 12.7. The lowest BCUT2D eigenvalue weighted by Gasteiger charge is -2.20. The number of carbonyl (C=O) groups is 1. The van der Waals surface area contributed by atoms with Crippen molar-refractivity contribution in [3.63, 3.8) is 0 Å². The van der Waals surface area contributed by atoms with E-state index in [1.807, 2.05) is 56.3 Å². The van der Waals surface area contributed by atoms with Gasteiger partial charge >= 0.3 is 6.03 Å². The minimum absolute atomic E-state index is 0.107. The molecule has 23 heavy (non-hydrogen) atoms. The lowest BCUT2D eigenvalue weighted by molar-refractivity contribution is 0.154. The van der Waals surface area contributed by atoms with Crippen LogP contribution >= 0.6 is 0 Å². The Kier molecular flexibility index (Phi) is 6.11. The highest BCUT2D eigenvalue weighted by molar-refractivity contribution is 5.74. The van der Waals surface area contributed by atoms with E-state index >= 15 is 0 Å². The number of aromatic nitrogens is 1. The van der Waals surface area contributed by atoms with E-state index in [4.69, 9.17) is 0 Å². The van der Waals surface area contributed by atoms with Crippen LogP contribution in [0.2, 0.25) is 0 Å². The largest absolute Gasteiger partial charge is 0.388 e. The Bertz CT molecular complexity index is 604. The summed E-state index contributed by atoms with van der Waals surface area (Å²) in [5, 5.41) is 15.9. The maximum Gasteiger partial charge on any atom is 0.315 e. The summed E-state index contributed by atoms with van der Waals surface area (Å²) in [5.41, 5.74) is 1.85. The van der Waals surface area contributed by atoms with Crippen molar-refractivity contribution in [3.8, 4) is 0 Å². The minimum Gasteiger partial charge on any atom is -0.388 e. The third-order valence-electron chi connectivity index (χ3n) is 3.69. The number of nitrogens with zero attached hydrogens (tertiary/aromatic N) is 1. The molecule has 5 nitrogen and oxygen atoms in total. The molecule has 5 heteroatoms. The smallest absolute Gasteiger partial charge is 0.315 e. The van der Waals surface area contributed by atoms with Crippen LogP contribution < -0.4 is 10.6 Å². The average Bonchev–Trinajstić information content (AvgIpc) is 2.56. The molecule has 0 aliphatic heterocycles. The molecule has 2 amide bonds. The monoisotopic (exact) mass is 313 g/mol. The molecule has 0 fully saturated rings. The van der Waals surface area contributed by atoms with Gasteiger partial charge in [-0.15, -0.1) is 0 Å². The first-order valence-corrected chi connectivity index (χ1v) is 7.76. The number of hydrogen-bond acceptors (Lipinski definition) is 3. The first-order valence-electron chi connectivity index (χ1n) is 7.76. The fourth-order valence-electron chi connectivity index (χ4n) is 2.40. The Balaban J connectivity index is 1.80. The van der Waals surface area contributed by atoms with E-state index in [9.17, 15) is 9.90 Å². The van der Waals surface area contributed by atoms with Gasteiger partial charge in [0.25, 0.3) is 0 Å². The third kappa shape index (κ3) is 5.38. The molecule has 1 aromatic carbocycles. The zero-order chi connectivity index (χ0) is 16.7. The predicted octanol–water partition coefficient (Wildman–Crippen LogP) is 2.95. The minimum atomic E-state index is -0.593. The van der Waals surface area contributed by atoms with E-state index in [1.165, 1.54) is 0 Å². The van der Waals surface area contributed by atoms with Crippen molar-refractivity contribution in [2.75, 3.05) is 0 Å². The van der Waals surface area contributed by atoms with Crippen molar-refractivity contribution in [2.24, 2.45) is 0 Å². The van der Waals surface area contributed by atoms with Gasteiger partial charge in [-0.05, 0) is 43.5 Å². The zero-order valence-corrected chi connectivity index (χ0v) is 13.4. The van der Waals surface area contributed by atoms with Crippen LogP contribution in [-0.4, -0.2) is 22.2 Å². The van der Waals surface area contributed by atoms with Crippen LogP contribution in [0.1, 0.15) is 43.5 Å². The van der Waals surface area contributed by atoms with Gasteiger partial charge in [0.2, 0.25) is 0 Å². The molecule has 1 aromatic heterocycles. The second-order valence-corrected chi connectivity index (χ2v) is 5.68. The van der Waals surface area contributed by atoms with Crippen molar-refractivity contribution >= 4 is 6.03 Å². The SMILES string of the molecule is CC(CC(O)c1ccccc1)NC(=O)NC(C)c1ccncc1. The summed E-state index contributed by atoms with van der Waals surface area (Å²) >= 11 is 0. The Labute approximate surface area is 136 Å². The van der Waals surface area contributed by atoms with E-state index in [2.05, 4.69) is 15.6 Å². The number of carbonyl (C=O) groups excluding carboxylic acids is 1. The highest BCUT2D eigenvalue weighted by Crippen LogP contribution is 2.17. The Morgan fingerprint density at radius 2 is 1.70 bits per heavy atom. The number of amides is 2. The van der Waals surface area contributed by atoms with Gasteiger partial charge in [-0.1, -0.05) is 30.3 Å². The normalized spacial score (nSPS) is 14.6. The highest BCUT2D eigenvalue weighted by Gasteiger charge is 2.15. The van der Waals surface area contributed by atoms with Crippen LogP contribution in [0.3, 0.4) is 0 Å². The molecule has 1 heterocycles. The summed E-state index contributed by atoms with van der Waals surface area (Å²) in [5.74, 6) is 0. The number of rotatable bonds is 6. The summed E-state index contributed by atoms with van der Waals surface area (Å²) in [7, 11) is 0. The average molecular weight is 313 g/mol. The molecule has 0 aliphatic carbocycles. The molecule has 0 saturated carbocycles. The van der Waals surface area contributed by atoms with Crippen LogP contribution in [0.25, 0.3) is 0 Å². The lowest BCUT2D eigenvalue weighted by Crippen LogP contribution is -2.42. The number of hydrogen-bond donors (Lipinski definition) is 3. The number of pyridine rings is 1. The van der Waals surface area contributed by atoms with Crippen LogP contribution in [-0.2, 0) is 0 Å². The molecule has 0 saturated heterocycles. The van der Waals surface area contributed by atoms with Gasteiger partial charge in [0.1, 0.15) is 0 Å². The van der Waals surface area contributed by atoms with Crippen LogP contribution in [0.4, 0.5) is 4.79 Å². The number of nitrogens with one attached hydrogen (secondary N) is 2. The number of benzene rings is 1. The quantitative estimate of drug-likeness (QED) is 0.767. The number of aliphatic hydroxyl groups is 1. The summed E-state index contributed by atoms with van der Waals surface area (Å²) in [6.45, 7) is 3.79. The molecule has 122 valence electrons. The van der Waals surface area contributed by atoms with Gasteiger partial charge < -0.3 is 15.7 Å². The molecular formula is C18H23N3O2. The van der Waals surface area contributed by atoms with Gasteiger partial charge in [-0.3, -0.25) is 4.98 Å².